The first-order valence-corrected chi connectivity index (χ1v) is 9.85. The fourth-order valence-electron chi connectivity index (χ4n) is 4.12. The number of morpholine rings is 1. The zero-order valence-electron chi connectivity index (χ0n) is 17.1. The smallest absolute Gasteiger partial charge is 0.217 e. The fraction of sp³-hybridized carbons (Fsp3) is 0.895. The molecule has 2 aliphatic heterocycles. The van der Waals surface area contributed by atoms with Crippen LogP contribution in [0.5, 0.6) is 0 Å². The van der Waals surface area contributed by atoms with Gasteiger partial charge in [0.2, 0.25) is 5.91 Å². The van der Waals surface area contributed by atoms with Crippen LogP contribution < -0.4 is 11.1 Å². The summed E-state index contributed by atoms with van der Waals surface area (Å²) in [6.45, 7) is 13.3. The Bertz CT molecular complexity index is 498. The van der Waals surface area contributed by atoms with Crippen LogP contribution in [0.1, 0.15) is 47.0 Å². The van der Waals surface area contributed by atoms with Crippen molar-refractivity contribution in [2.75, 3.05) is 39.8 Å². The molecule has 150 valence electrons. The van der Waals surface area contributed by atoms with Crippen molar-refractivity contribution in [2.45, 2.75) is 64.7 Å². The zero-order chi connectivity index (χ0) is 19.3. The van der Waals surface area contributed by atoms with Gasteiger partial charge in [0.1, 0.15) is 0 Å². The van der Waals surface area contributed by atoms with Crippen molar-refractivity contribution in [1.29, 1.82) is 0 Å². The summed E-state index contributed by atoms with van der Waals surface area (Å²) in [6, 6.07) is 0. The Morgan fingerprint density at radius 1 is 1.27 bits per heavy atom. The van der Waals surface area contributed by atoms with Crippen LogP contribution in [-0.2, 0) is 9.53 Å². The molecule has 2 heterocycles. The first-order chi connectivity index (χ1) is 12.2. The number of nitrogens with zero attached hydrogens (tertiary/aromatic N) is 3. The second kappa shape index (κ2) is 9.04. The van der Waals surface area contributed by atoms with Crippen LogP contribution in [-0.4, -0.2) is 79.2 Å². The van der Waals surface area contributed by atoms with Crippen molar-refractivity contribution >= 4 is 11.9 Å². The number of amides is 1. The number of carbonyl (C=O) groups is 1. The molecule has 0 spiro atoms. The maximum atomic E-state index is 11.2. The van der Waals surface area contributed by atoms with Crippen LogP contribution >= 0.6 is 0 Å². The molecule has 7 nitrogen and oxygen atoms in total. The zero-order valence-corrected chi connectivity index (χ0v) is 17.1. The van der Waals surface area contributed by atoms with Gasteiger partial charge in [-0.25, -0.2) is 0 Å². The van der Waals surface area contributed by atoms with E-state index in [1.54, 1.807) is 0 Å². The van der Waals surface area contributed by atoms with E-state index < -0.39 is 0 Å². The first kappa shape index (κ1) is 21.0. The molecular formula is C19H37N5O2. The lowest BCUT2D eigenvalue weighted by Gasteiger charge is -2.45. The number of carbonyl (C=O) groups excluding carboxylic acids is 1. The molecule has 0 aromatic heterocycles. The third kappa shape index (κ3) is 5.84. The molecule has 1 amide bonds. The molecule has 0 bridgehead atoms. The summed E-state index contributed by atoms with van der Waals surface area (Å²) in [7, 11) is 1.83. The summed E-state index contributed by atoms with van der Waals surface area (Å²) in [5, 5.41) is 3.56. The van der Waals surface area contributed by atoms with E-state index in [1.165, 1.54) is 0 Å². The van der Waals surface area contributed by atoms with Crippen molar-refractivity contribution in [2.24, 2.45) is 16.6 Å². The van der Waals surface area contributed by atoms with Gasteiger partial charge >= 0.3 is 0 Å². The van der Waals surface area contributed by atoms with E-state index in [4.69, 9.17) is 10.5 Å². The third-order valence-corrected chi connectivity index (χ3v) is 5.47. The maximum absolute atomic E-state index is 11.2. The minimum absolute atomic E-state index is 0.00462. The standard InChI is InChI=1S/C19H37N5O2/c1-14-10-24(11-15(2)26-14)19(3,4)13-22-18(21-5)23-8-6-7-16(12-23)9-17(20)25/h14-16H,6-13H2,1-5H3,(H2,20,25)(H,21,22). The van der Waals surface area contributed by atoms with E-state index in [0.717, 1.165) is 51.5 Å². The lowest BCUT2D eigenvalue weighted by Crippen LogP contribution is -2.60. The average molecular weight is 368 g/mol. The number of rotatable bonds is 5. The molecule has 2 rings (SSSR count). The van der Waals surface area contributed by atoms with Crippen LogP contribution in [0.15, 0.2) is 4.99 Å². The van der Waals surface area contributed by atoms with Crippen LogP contribution in [0.2, 0.25) is 0 Å². The highest BCUT2D eigenvalue weighted by Crippen LogP contribution is 2.22. The van der Waals surface area contributed by atoms with Crippen LogP contribution in [0.25, 0.3) is 0 Å². The number of aliphatic imine (C=N–C) groups is 1. The van der Waals surface area contributed by atoms with Gasteiger partial charge in [0.25, 0.3) is 0 Å². The second-order valence-electron chi connectivity index (χ2n) is 8.50. The summed E-state index contributed by atoms with van der Waals surface area (Å²) >= 11 is 0. The predicted octanol–water partition coefficient (Wildman–Crippen LogP) is 1.04. The number of ether oxygens (including phenoxy) is 1. The predicted molar refractivity (Wildman–Crippen MR) is 105 cm³/mol. The van der Waals surface area contributed by atoms with Crippen LogP contribution in [0, 0.1) is 5.92 Å². The lowest BCUT2D eigenvalue weighted by molar-refractivity contribution is -0.119. The Balaban J connectivity index is 1.92. The molecule has 0 aromatic rings. The quantitative estimate of drug-likeness (QED) is 0.560. The second-order valence-corrected chi connectivity index (χ2v) is 8.50. The van der Waals surface area contributed by atoms with Crippen molar-refractivity contribution in [1.82, 2.24) is 15.1 Å². The minimum atomic E-state index is -0.212. The SMILES string of the molecule is CN=C(NCC(C)(C)N1CC(C)OC(C)C1)N1CCCC(CC(N)=O)C1. The highest BCUT2D eigenvalue weighted by molar-refractivity contribution is 5.80. The van der Waals surface area contributed by atoms with Gasteiger partial charge in [0.15, 0.2) is 5.96 Å². The van der Waals surface area contributed by atoms with Crippen molar-refractivity contribution in [3.05, 3.63) is 0 Å². The molecule has 3 N–H and O–H groups in total. The first-order valence-electron chi connectivity index (χ1n) is 9.85. The van der Waals surface area contributed by atoms with E-state index >= 15 is 0 Å². The lowest BCUT2D eigenvalue weighted by atomic mass is 9.94. The Morgan fingerprint density at radius 2 is 1.92 bits per heavy atom. The summed E-state index contributed by atoms with van der Waals surface area (Å²) in [6.07, 6.45) is 3.11. The Hall–Kier alpha value is -1.34. The van der Waals surface area contributed by atoms with Gasteiger partial charge in [-0.05, 0) is 46.5 Å². The highest BCUT2D eigenvalue weighted by Gasteiger charge is 2.33. The number of piperidine rings is 1. The van der Waals surface area contributed by atoms with E-state index in [-0.39, 0.29) is 23.7 Å². The van der Waals surface area contributed by atoms with Gasteiger partial charge in [-0.2, -0.15) is 0 Å². The van der Waals surface area contributed by atoms with Crippen molar-refractivity contribution in [3.8, 4) is 0 Å². The number of nitrogens with two attached hydrogens (primary N) is 1. The molecule has 0 aromatic carbocycles. The molecule has 26 heavy (non-hydrogen) atoms. The summed E-state index contributed by atoms with van der Waals surface area (Å²) in [5.74, 6) is 1.03. The van der Waals surface area contributed by atoms with Gasteiger partial charge in [-0.15, -0.1) is 0 Å². The maximum Gasteiger partial charge on any atom is 0.217 e. The third-order valence-electron chi connectivity index (χ3n) is 5.47. The molecular weight excluding hydrogens is 330 g/mol. The van der Waals surface area contributed by atoms with Crippen LogP contribution in [0.4, 0.5) is 0 Å². The monoisotopic (exact) mass is 367 g/mol. The number of likely N-dealkylation sites (tertiary alicyclic amines) is 1. The summed E-state index contributed by atoms with van der Waals surface area (Å²) in [4.78, 5) is 20.5. The molecule has 0 saturated carbocycles. The van der Waals surface area contributed by atoms with Gasteiger partial charge in [0, 0.05) is 51.7 Å². The van der Waals surface area contributed by atoms with E-state index in [1.807, 2.05) is 7.05 Å². The molecule has 0 aliphatic carbocycles. The van der Waals surface area contributed by atoms with E-state index in [0.29, 0.717) is 12.3 Å². The van der Waals surface area contributed by atoms with Crippen LogP contribution in [0.3, 0.4) is 0 Å². The molecule has 2 saturated heterocycles. The van der Waals surface area contributed by atoms with E-state index in [9.17, 15) is 4.79 Å². The largest absolute Gasteiger partial charge is 0.373 e. The Kier molecular flexibility index (Phi) is 7.29. The molecule has 7 heteroatoms. The summed E-state index contributed by atoms with van der Waals surface area (Å²) < 4.78 is 5.87. The summed E-state index contributed by atoms with van der Waals surface area (Å²) in [5.41, 5.74) is 5.38. The van der Waals surface area contributed by atoms with Gasteiger partial charge in [0.05, 0.1) is 12.2 Å². The molecule has 3 unspecified atom stereocenters. The van der Waals surface area contributed by atoms with Crippen molar-refractivity contribution in [3.63, 3.8) is 0 Å². The topological polar surface area (TPSA) is 83.2 Å². The molecule has 2 fully saturated rings. The highest BCUT2D eigenvalue weighted by atomic mass is 16.5. The Morgan fingerprint density at radius 3 is 2.50 bits per heavy atom. The molecule has 0 radical (unpaired) electrons. The van der Waals surface area contributed by atoms with Gasteiger partial charge < -0.3 is 20.7 Å². The molecule has 2 aliphatic rings. The van der Waals surface area contributed by atoms with Gasteiger partial charge in [-0.1, -0.05) is 0 Å². The van der Waals surface area contributed by atoms with Gasteiger partial charge in [-0.3, -0.25) is 14.7 Å². The van der Waals surface area contributed by atoms with Crippen molar-refractivity contribution < 1.29 is 9.53 Å². The number of primary amides is 1. The fourth-order valence-corrected chi connectivity index (χ4v) is 4.12. The Labute approximate surface area is 158 Å². The normalized spacial score (nSPS) is 28.9. The number of guanidine groups is 1. The number of hydrogen-bond donors (Lipinski definition) is 2. The molecule has 3 atom stereocenters. The number of hydrogen-bond acceptors (Lipinski definition) is 4. The number of nitrogens with one attached hydrogen (secondary N) is 1. The van der Waals surface area contributed by atoms with E-state index in [2.05, 4.69) is 47.8 Å². The average Bonchev–Trinajstić information content (AvgIpc) is 2.54. The minimum Gasteiger partial charge on any atom is -0.373 e.